The van der Waals surface area contributed by atoms with Gasteiger partial charge in [-0.3, -0.25) is 10.2 Å². The maximum Gasteiger partial charge on any atom is 0.265 e. The molecule has 1 aliphatic rings. The summed E-state index contributed by atoms with van der Waals surface area (Å²) >= 11 is 0. The van der Waals surface area contributed by atoms with Gasteiger partial charge in [0.1, 0.15) is 5.75 Å². The Kier molecular flexibility index (Phi) is 2.60. The summed E-state index contributed by atoms with van der Waals surface area (Å²) in [6, 6.07) is 5.52. The van der Waals surface area contributed by atoms with Crippen LogP contribution in [0.1, 0.15) is 15.9 Å². The number of hydrazine groups is 1. The number of hydrogen-bond acceptors (Lipinski definition) is 3. The summed E-state index contributed by atoms with van der Waals surface area (Å²) in [6.07, 6.45) is 0.887. The number of benzene rings is 1. The Hall–Kier alpha value is -1.55. The molecule has 80 valence electrons. The van der Waals surface area contributed by atoms with Crippen molar-refractivity contribution in [1.29, 1.82) is 0 Å². The highest BCUT2D eigenvalue weighted by Crippen LogP contribution is 2.25. The highest BCUT2D eigenvalue weighted by atomic mass is 16.5. The summed E-state index contributed by atoms with van der Waals surface area (Å²) in [5, 5.41) is 1.63. The molecule has 1 aromatic rings. The van der Waals surface area contributed by atoms with Crippen molar-refractivity contribution >= 4 is 5.91 Å². The van der Waals surface area contributed by atoms with Crippen LogP contribution < -0.4 is 10.2 Å². The van der Waals surface area contributed by atoms with Gasteiger partial charge in [-0.2, -0.15) is 0 Å². The molecule has 0 atom stereocenters. The smallest absolute Gasteiger partial charge is 0.265 e. The lowest BCUT2D eigenvalue weighted by atomic mass is 10.1. The highest BCUT2D eigenvalue weighted by molar-refractivity contribution is 5.94. The molecule has 0 spiro atoms. The van der Waals surface area contributed by atoms with E-state index >= 15 is 0 Å². The van der Waals surface area contributed by atoms with E-state index in [9.17, 15) is 4.79 Å². The molecule has 0 aliphatic carbocycles. The molecule has 4 heteroatoms. The summed E-state index contributed by atoms with van der Waals surface area (Å²) in [6.45, 7) is 0.716. The van der Waals surface area contributed by atoms with Crippen LogP contribution in [0.5, 0.6) is 5.75 Å². The summed E-state index contributed by atoms with van der Waals surface area (Å²) in [5.41, 5.74) is 4.49. The van der Waals surface area contributed by atoms with Gasteiger partial charge >= 0.3 is 0 Å². The predicted molar refractivity (Wildman–Crippen MR) is 56.8 cm³/mol. The number of hydrogen-bond donors (Lipinski definition) is 1. The van der Waals surface area contributed by atoms with Crippen molar-refractivity contribution in [2.24, 2.45) is 0 Å². The van der Waals surface area contributed by atoms with E-state index in [1.807, 2.05) is 12.1 Å². The molecule has 15 heavy (non-hydrogen) atoms. The van der Waals surface area contributed by atoms with E-state index in [-0.39, 0.29) is 5.91 Å². The number of fused-ring (bicyclic) bond motifs is 1. The lowest BCUT2D eigenvalue weighted by molar-refractivity contribution is 0.0857. The number of amides is 1. The van der Waals surface area contributed by atoms with Gasteiger partial charge in [-0.25, -0.2) is 5.01 Å². The molecule has 1 N–H and O–H groups in total. The van der Waals surface area contributed by atoms with Gasteiger partial charge in [-0.1, -0.05) is 0 Å². The Morgan fingerprint density at radius 2 is 2.27 bits per heavy atom. The van der Waals surface area contributed by atoms with Crippen LogP contribution >= 0.6 is 0 Å². The normalized spacial score (nSPS) is 13.5. The van der Waals surface area contributed by atoms with Crippen LogP contribution in [-0.2, 0) is 6.42 Å². The van der Waals surface area contributed by atoms with Crippen LogP contribution in [0.3, 0.4) is 0 Å². The molecule has 1 aromatic carbocycles. The van der Waals surface area contributed by atoms with Crippen molar-refractivity contribution < 1.29 is 9.53 Å². The first-order chi connectivity index (χ1) is 7.16. The Bertz CT molecular complexity index is 388. The van der Waals surface area contributed by atoms with Crippen molar-refractivity contribution in [1.82, 2.24) is 10.4 Å². The quantitative estimate of drug-likeness (QED) is 0.729. The predicted octanol–water partition coefficient (Wildman–Crippen LogP) is 0.828. The zero-order valence-corrected chi connectivity index (χ0v) is 8.91. The average Bonchev–Trinajstić information content (AvgIpc) is 2.62. The second-order valence-corrected chi connectivity index (χ2v) is 3.76. The van der Waals surface area contributed by atoms with Crippen molar-refractivity contribution in [3.05, 3.63) is 29.3 Å². The zero-order valence-electron chi connectivity index (χ0n) is 8.91. The molecule has 0 saturated carbocycles. The van der Waals surface area contributed by atoms with Gasteiger partial charge < -0.3 is 4.74 Å². The first kappa shape index (κ1) is 9.98. The molecule has 0 bridgehead atoms. The molecule has 1 aliphatic heterocycles. The first-order valence-electron chi connectivity index (χ1n) is 4.91. The molecule has 0 radical (unpaired) electrons. The highest BCUT2D eigenvalue weighted by Gasteiger charge is 2.14. The van der Waals surface area contributed by atoms with Crippen molar-refractivity contribution in [2.75, 3.05) is 20.7 Å². The van der Waals surface area contributed by atoms with Gasteiger partial charge in [0, 0.05) is 26.1 Å². The Labute approximate surface area is 88.8 Å². The maximum atomic E-state index is 11.7. The Morgan fingerprint density at radius 3 is 3.00 bits per heavy atom. The van der Waals surface area contributed by atoms with Gasteiger partial charge in [0.2, 0.25) is 0 Å². The summed E-state index contributed by atoms with van der Waals surface area (Å²) in [7, 11) is 3.57. The van der Waals surface area contributed by atoms with E-state index in [1.54, 1.807) is 25.2 Å². The Balaban J connectivity index is 2.19. The maximum absolute atomic E-state index is 11.7. The third kappa shape index (κ3) is 2.10. The molecule has 4 nitrogen and oxygen atoms in total. The zero-order chi connectivity index (χ0) is 10.8. The van der Waals surface area contributed by atoms with E-state index in [1.165, 1.54) is 0 Å². The molecule has 0 unspecified atom stereocenters. The average molecular weight is 206 g/mol. The minimum absolute atomic E-state index is 0.0882. The molecular weight excluding hydrogens is 192 g/mol. The summed E-state index contributed by atoms with van der Waals surface area (Å²) in [5.74, 6) is 0.811. The molecule has 1 heterocycles. The Morgan fingerprint density at radius 1 is 1.47 bits per heavy atom. The minimum atomic E-state index is -0.0882. The van der Waals surface area contributed by atoms with E-state index in [2.05, 4.69) is 5.43 Å². The fourth-order valence-corrected chi connectivity index (χ4v) is 1.60. The van der Waals surface area contributed by atoms with E-state index in [4.69, 9.17) is 4.74 Å². The first-order valence-corrected chi connectivity index (χ1v) is 4.91. The van der Waals surface area contributed by atoms with Crippen LogP contribution in [0.4, 0.5) is 0 Å². The second-order valence-electron chi connectivity index (χ2n) is 3.76. The molecule has 0 saturated heterocycles. The van der Waals surface area contributed by atoms with Crippen LogP contribution in [0, 0.1) is 0 Å². The topological polar surface area (TPSA) is 41.6 Å². The van der Waals surface area contributed by atoms with Crippen LogP contribution in [-0.4, -0.2) is 31.6 Å². The molecular formula is C11H14N2O2. The SMILES string of the molecule is CN(C)NC(=O)c1ccc2c(c1)CCO2. The van der Waals surface area contributed by atoms with Crippen molar-refractivity contribution in [3.63, 3.8) is 0 Å². The van der Waals surface area contributed by atoms with Gasteiger partial charge in [0.05, 0.1) is 6.61 Å². The van der Waals surface area contributed by atoms with E-state index in [0.717, 1.165) is 17.7 Å². The van der Waals surface area contributed by atoms with Crippen LogP contribution in [0.15, 0.2) is 18.2 Å². The summed E-state index contributed by atoms with van der Waals surface area (Å²) in [4.78, 5) is 11.7. The van der Waals surface area contributed by atoms with Crippen LogP contribution in [0.25, 0.3) is 0 Å². The van der Waals surface area contributed by atoms with E-state index in [0.29, 0.717) is 12.2 Å². The van der Waals surface area contributed by atoms with Gasteiger partial charge in [0.15, 0.2) is 0 Å². The number of ether oxygens (including phenoxy) is 1. The number of carbonyl (C=O) groups excluding carboxylic acids is 1. The molecule has 0 aromatic heterocycles. The lowest BCUT2D eigenvalue weighted by Crippen LogP contribution is -2.36. The number of nitrogens with one attached hydrogen (secondary N) is 1. The van der Waals surface area contributed by atoms with Crippen molar-refractivity contribution in [2.45, 2.75) is 6.42 Å². The van der Waals surface area contributed by atoms with Crippen molar-refractivity contribution in [3.8, 4) is 5.75 Å². The van der Waals surface area contributed by atoms with Gasteiger partial charge in [-0.15, -0.1) is 0 Å². The fraction of sp³-hybridized carbons (Fsp3) is 0.364. The van der Waals surface area contributed by atoms with Gasteiger partial charge in [0.25, 0.3) is 5.91 Å². The molecule has 2 rings (SSSR count). The minimum Gasteiger partial charge on any atom is -0.493 e. The summed E-state index contributed by atoms with van der Waals surface area (Å²) < 4.78 is 5.37. The van der Waals surface area contributed by atoms with Crippen LogP contribution in [0.2, 0.25) is 0 Å². The monoisotopic (exact) mass is 206 g/mol. The fourth-order valence-electron chi connectivity index (χ4n) is 1.60. The third-order valence-electron chi connectivity index (χ3n) is 2.28. The molecule has 0 fully saturated rings. The third-order valence-corrected chi connectivity index (χ3v) is 2.28. The molecule has 1 amide bonds. The second kappa shape index (κ2) is 3.90. The standard InChI is InChI=1S/C11H14N2O2/c1-13(2)12-11(14)9-3-4-10-8(7-9)5-6-15-10/h3-4,7H,5-6H2,1-2H3,(H,12,14). The number of carbonyl (C=O) groups is 1. The van der Waals surface area contributed by atoms with E-state index < -0.39 is 0 Å². The van der Waals surface area contributed by atoms with Gasteiger partial charge in [-0.05, 0) is 23.8 Å². The largest absolute Gasteiger partial charge is 0.493 e. The number of rotatable bonds is 2. The lowest BCUT2D eigenvalue weighted by Gasteiger charge is -2.12. The number of nitrogens with zero attached hydrogens (tertiary/aromatic N) is 1.